The zero-order valence-corrected chi connectivity index (χ0v) is 34.6. The summed E-state index contributed by atoms with van der Waals surface area (Å²) in [6.45, 7) is 16.4. The molecular formula is C41H68N4O7S. The second-order valence-electron chi connectivity index (χ2n) is 19.0. The van der Waals surface area contributed by atoms with Crippen LogP contribution in [0.4, 0.5) is 4.79 Å². The standard InChI is InChI=1S/C41H68N4O7S/c1-10-11-18-31(46)35(48)28(23-27-16-15-17-27)24-32(47)34-29-19-22-40(5,6)30(29)25-45(34)37(49)36(41(7)20-13-12-14-21-41)43-38(50)42-33(39(2,3)4)26-44(8)53(9,51)52/h10,27-30,33-34,36H,1,11-26H2,2-9H3,(H2,42,43,50)/t28?,29-,30-,33+,34-,36+/m0/s1. The average molecular weight is 761 g/mol. The van der Waals surface area contributed by atoms with Crippen LogP contribution >= 0.6 is 0 Å². The predicted molar refractivity (Wildman–Crippen MR) is 207 cm³/mol. The highest BCUT2D eigenvalue weighted by atomic mass is 32.2. The van der Waals surface area contributed by atoms with Crippen LogP contribution < -0.4 is 10.6 Å². The fourth-order valence-corrected chi connectivity index (χ4v) is 9.85. The summed E-state index contributed by atoms with van der Waals surface area (Å²) in [7, 11) is -2.02. The van der Waals surface area contributed by atoms with Crippen molar-refractivity contribution in [3.63, 3.8) is 0 Å². The highest BCUT2D eigenvalue weighted by molar-refractivity contribution is 7.88. The molecule has 4 aliphatic rings. The summed E-state index contributed by atoms with van der Waals surface area (Å²) in [6, 6.07) is -2.76. The van der Waals surface area contributed by atoms with Gasteiger partial charge in [0.05, 0.1) is 12.3 Å². The van der Waals surface area contributed by atoms with E-state index >= 15 is 4.79 Å². The van der Waals surface area contributed by atoms with Gasteiger partial charge >= 0.3 is 6.03 Å². The third-order valence-electron chi connectivity index (χ3n) is 13.5. The Bertz CT molecular complexity index is 1490. The Kier molecular flexibility index (Phi) is 13.9. The lowest BCUT2D eigenvalue weighted by atomic mass is 9.70. The molecule has 2 N–H and O–H groups in total. The number of nitrogens with zero attached hydrogens (tertiary/aromatic N) is 2. The molecule has 0 spiro atoms. The number of sulfonamides is 1. The summed E-state index contributed by atoms with van der Waals surface area (Å²) in [6.07, 6.45) is 12.8. The lowest BCUT2D eigenvalue weighted by Crippen LogP contribution is -2.62. The van der Waals surface area contributed by atoms with Crippen LogP contribution in [0.5, 0.6) is 0 Å². The number of allylic oxidation sites excluding steroid dienone is 1. The summed E-state index contributed by atoms with van der Waals surface area (Å²) in [5.41, 5.74) is -1.16. The number of ketones is 3. The van der Waals surface area contributed by atoms with Crippen molar-refractivity contribution < 1.29 is 32.4 Å². The molecule has 11 nitrogen and oxygen atoms in total. The van der Waals surface area contributed by atoms with Gasteiger partial charge in [-0.25, -0.2) is 17.5 Å². The third-order valence-corrected chi connectivity index (χ3v) is 14.8. The molecule has 0 radical (unpaired) electrons. The van der Waals surface area contributed by atoms with Crippen molar-refractivity contribution in [2.24, 2.45) is 39.9 Å². The van der Waals surface area contributed by atoms with E-state index in [9.17, 15) is 27.6 Å². The van der Waals surface area contributed by atoms with E-state index in [2.05, 4.69) is 31.1 Å². The van der Waals surface area contributed by atoms with Crippen molar-refractivity contribution in [2.45, 2.75) is 150 Å². The van der Waals surface area contributed by atoms with E-state index in [1.54, 1.807) is 11.0 Å². The Labute approximate surface area is 319 Å². The quantitative estimate of drug-likeness (QED) is 0.135. The number of likely N-dealkylation sites (tertiary alicyclic amines) is 1. The molecule has 0 bridgehead atoms. The highest BCUT2D eigenvalue weighted by Crippen LogP contribution is 2.54. The second kappa shape index (κ2) is 17.0. The number of likely N-dealkylation sites (N-methyl/N-ethyl adjacent to an activating group) is 1. The molecule has 4 fully saturated rings. The summed E-state index contributed by atoms with van der Waals surface area (Å²) in [5, 5.41) is 6.07. The average Bonchev–Trinajstić information content (AvgIpc) is 3.58. The van der Waals surface area contributed by atoms with Crippen molar-refractivity contribution >= 4 is 39.3 Å². The maximum absolute atomic E-state index is 15.1. The van der Waals surface area contributed by atoms with E-state index in [0.29, 0.717) is 25.3 Å². The minimum atomic E-state index is -3.50. The molecule has 6 atom stereocenters. The lowest BCUT2D eigenvalue weighted by molar-refractivity contribution is -0.145. The first kappa shape index (κ1) is 43.1. The molecule has 3 amide bonds. The molecule has 1 heterocycles. The van der Waals surface area contributed by atoms with E-state index in [0.717, 1.165) is 70.5 Å². The van der Waals surface area contributed by atoms with Crippen LogP contribution in [0.1, 0.15) is 131 Å². The number of nitrogens with one attached hydrogen (secondary N) is 2. The van der Waals surface area contributed by atoms with Gasteiger partial charge in [0.2, 0.25) is 21.7 Å². The first-order valence-corrected chi connectivity index (χ1v) is 21.9. The zero-order chi connectivity index (χ0) is 39.5. The predicted octanol–water partition coefficient (Wildman–Crippen LogP) is 6.06. The smallest absolute Gasteiger partial charge is 0.315 e. The molecule has 0 aromatic carbocycles. The van der Waals surface area contributed by atoms with Crippen LogP contribution in [0.2, 0.25) is 0 Å². The number of Topliss-reactive ketones (excluding diaryl/α,β-unsaturated/α-hetero) is 3. The molecule has 1 saturated heterocycles. The Morgan fingerprint density at radius 2 is 1.60 bits per heavy atom. The van der Waals surface area contributed by atoms with Gasteiger partial charge in [-0.15, -0.1) is 6.58 Å². The first-order chi connectivity index (χ1) is 24.6. The van der Waals surface area contributed by atoms with Gasteiger partial charge in [-0.1, -0.05) is 86.1 Å². The number of hydrogen-bond donors (Lipinski definition) is 2. The molecular weight excluding hydrogens is 693 g/mol. The molecule has 4 rings (SSSR count). The van der Waals surface area contributed by atoms with Crippen molar-refractivity contribution in [1.82, 2.24) is 19.8 Å². The molecule has 1 unspecified atom stereocenters. The van der Waals surface area contributed by atoms with Crippen molar-refractivity contribution in [3.8, 4) is 0 Å². The minimum Gasteiger partial charge on any atom is -0.334 e. The molecule has 0 aromatic heterocycles. The Morgan fingerprint density at radius 3 is 2.15 bits per heavy atom. The van der Waals surface area contributed by atoms with Gasteiger partial charge in [-0.2, -0.15) is 0 Å². The van der Waals surface area contributed by atoms with Crippen molar-refractivity contribution in [1.29, 1.82) is 0 Å². The van der Waals surface area contributed by atoms with Crippen LogP contribution in [0.3, 0.4) is 0 Å². The molecule has 300 valence electrons. The summed E-state index contributed by atoms with van der Waals surface area (Å²) in [4.78, 5) is 72.0. The van der Waals surface area contributed by atoms with Crippen LogP contribution in [0.25, 0.3) is 0 Å². The van der Waals surface area contributed by atoms with Gasteiger partial charge in [-0.05, 0) is 72.5 Å². The molecule has 0 aromatic rings. The fourth-order valence-electron chi connectivity index (χ4n) is 9.43. The number of urea groups is 1. The van der Waals surface area contributed by atoms with Crippen LogP contribution in [-0.2, 0) is 29.2 Å². The van der Waals surface area contributed by atoms with Gasteiger partial charge in [0.15, 0.2) is 11.6 Å². The van der Waals surface area contributed by atoms with E-state index in [-0.39, 0.29) is 48.3 Å². The normalized spacial score (nSPS) is 25.8. The largest absolute Gasteiger partial charge is 0.334 e. The molecule has 12 heteroatoms. The molecule has 1 aliphatic heterocycles. The third kappa shape index (κ3) is 10.4. The summed E-state index contributed by atoms with van der Waals surface area (Å²) >= 11 is 0. The van der Waals surface area contributed by atoms with Crippen molar-refractivity contribution in [3.05, 3.63) is 12.7 Å². The van der Waals surface area contributed by atoms with E-state index < -0.39 is 62.5 Å². The number of hydrogen-bond acceptors (Lipinski definition) is 7. The monoisotopic (exact) mass is 760 g/mol. The first-order valence-electron chi connectivity index (χ1n) is 20.1. The van der Waals surface area contributed by atoms with Gasteiger partial charge < -0.3 is 15.5 Å². The molecule has 53 heavy (non-hydrogen) atoms. The van der Waals surface area contributed by atoms with Crippen LogP contribution in [0.15, 0.2) is 12.7 Å². The van der Waals surface area contributed by atoms with Crippen LogP contribution in [0, 0.1) is 39.9 Å². The van der Waals surface area contributed by atoms with E-state index in [1.165, 1.54) is 11.4 Å². The lowest BCUT2D eigenvalue weighted by Gasteiger charge is -2.43. The Balaban J connectivity index is 1.65. The maximum Gasteiger partial charge on any atom is 0.315 e. The number of fused-ring (bicyclic) bond motifs is 1. The zero-order valence-electron chi connectivity index (χ0n) is 33.8. The van der Waals surface area contributed by atoms with Gasteiger partial charge in [-0.3, -0.25) is 19.2 Å². The van der Waals surface area contributed by atoms with Crippen LogP contribution in [-0.4, -0.2) is 91.4 Å². The van der Waals surface area contributed by atoms with Gasteiger partial charge in [0.25, 0.3) is 0 Å². The number of carbonyl (C=O) groups is 5. The fraction of sp³-hybridized carbons (Fsp3) is 0.829. The molecule has 3 aliphatic carbocycles. The SMILES string of the molecule is C=CCCC(=O)C(=O)C(CC(=O)[C@@H]1[C@H]2CCC(C)(C)[C@H]2CN1C(=O)[C@@H](NC(=O)N[C@H](CN(C)S(C)(=O)=O)C(C)(C)C)C1(C)CCCCC1)CC1CCC1. The van der Waals surface area contributed by atoms with E-state index in [4.69, 9.17) is 0 Å². The van der Waals surface area contributed by atoms with E-state index in [1.807, 2.05) is 27.7 Å². The Morgan fingerprint density at radius 1 is 0.962 bits per heavy atom. The Hall–Kier alpha value is -2.60. The highest BCUT2D eigenvalue weighted by Gasteiger charge is 2.57. The van der Waals surface area contributed by atoms with Gasteiger partial charge in [0, 0.05) is 44.9 Å². The van der Waals surface area contributed by atoms with Gasteiger partial charge in [0.1, 0.15) is 6.04 Å². The minimum absolute atomic E-state index is 0.0591. The molecule has 3 saturated carbocycles. The summed E-state index contributed by atoms with van der Waals surface area (Å²) in [5.74, 6) is -1.75. The topological polar surface area (TPSA) is 150 Å². The van der Waals surface area contributed by atoms with Crippen molar-refractivity contribution in [2.75, 3.05) is 26.4 Å². The maximum atomic E-state index is 15.1. The summed E-state index contributed by atoms with van der Waals surface area (Å²) < 4.78 is 25.8. The number of amides is 3. The number of carbonyl (C=O) groups excluding carboxylic acids is 5. The number of rotatable bonds is 17. The second-order valence-corrected chi connectivity index (χ2v) is 21.1.